The second-order valence-corrected chi connectivity index (χ2v) is 8.99. The Bertz CT molecular complexity index is 1080. The third-order valence-corrected chi connectivity index (χ3v) is 6.02. The van der Waals surface area contributed by atoms with Gasteiger partial charge in [0.05, 0.1) is 0 Å². The van der Waals surface area contributed by atoms with Crippen LogP contribution in [0.2, 0.25) is 0 Å². The van der Waals surface area contributed by atoms with Gasteiger partial charge in [-0.05, 0) is 61.6 Å². The maximum atomic E-state index is 14.2. The summed E-state index contributed by atoms with van der Waals surface area (Å²) in [5.74, 6) is 0.966. The molecule has 2 atom stereocenters. The molecule has 1 aromatic carbocycles. The number of ether oxygens (including phenoxy) is 1. The van der Waals surface area contributed by atoms with Gasteiger partial charge in [0, 0.05) is 53.9 Å². The summed E-state index contributed by atoms with van der Waals surface area (Å²) in [4.78, 5) is 4.35. The number of benzene rings is 1. The lowest BCUT2D eigenvalue weighted by atomic mass is 9.98. The first-order valence-electron chi connectivity index (χ1n) is 11.1. The molecule has 0 radical (unpaired) electrons. The molecular weight excluding hydrogens is 443 g/mol. The fourth-order valence-corrected chi connectivity index (χ4v) is 4.05. The van der Waals surface area contributed by atoms with E-state index < -0.39 is 11.6 Å². The Balaban J connectivity index is 1.86. The molecule has 4 rings (SSSR count). The predicted molar refractivity (Wildman–Crippen MR) is 131 cm³/mol. The van der Waals surface area contributed by atoms with Crippen LogP contribution >= 0.6 is 11.6 Å². The molecule has 1 aliphatic heterocycles. The number of aromatic nitrogens is 1. The zero-order valence-corrected chi connectivity index (χ0v) is 19.3. The van der Waals surface area contributed by atoms with Crippen molar-refractivity contribution in [3.8, 4) is 5.75 Å². The lowest BCUT2D eigenvalue weighted by Gasteiger charge is -2.25. The highest BCUT2D eigenvalue weighted by Crippen LogP contribution is 2.34. The van der Waals surface area contributed by atoms with Crippen molar-refractivity contribution in [1.82, 2.24) is 15.6 Å². The average Bonchev–Trinajstić information content (AvgIpc) is 3.60. The van der Waals surface area contributed by atoms with E-state index >= 15 is 0 Å². The van der Waals surface area contributed by atoms with Crippen molar-refractivity contribution in [2.45, 2.75) is 31.4 Å². The third-order valence-electron chi connectivity index (χ3n) is 5.90. The molecule has 33 heavy (non-hydrogen) atoms. The Morgan fingerprint density at radius 2 is 2.15 bits per heavy atom. The topological polar surface area (TPSA) is 124 Å². The molecular formula is C24H30ClFN6O. The maximum Gasteiger partial charge on any atom is 0.166 e. The van der Waals surface area contributed by atoms with Crippen LogP contribution in [0.25, 0.3) is 11.4 Å². The monoisotopic (exact) mass is 472 g/mol. The van der Waals surface area contributed by atoms with E-state index in [1.807, 2.05) is 13.0 Å². The molecule has 1 aliphatic carbocycles. The van der Waals surface area contributed by atoms with E-state index in [2.05, 4.69) is 15.6 Å². The van der Waals surface area contributed by atoms with Crippen LogP contribution in [0.15, 0.2) is 42.1 Å². The van der Waals surface area contributed by atoms with Gasteiger partial charge in [-0.1, -0.05) is 0 Å². The standard InChI is InChI=1S/C24H30ClFN6O/c1-13-19-7-17(26)4-5-18(19)20(8-22(25)28)30-12-16(9-27)23(31-10-14-2-3-14)15-6-21(33-13)24(29)32-11-15/h4-8,11,13-14,22,30-31H,2-3,9-10,12,27-28H2,1H3,(H2,29,32)/b20-8-,23-16+. The van der Waals surface area contributed by atoms with Crippen LogP contribution in [-0.2, 0) is 0 Å². The van der Waals surface area contributed by atoms with E-state index in [0.717, 1.165) is 28.9 Å². The van der Waals surface area contributed by atoms with Gasteiger partial charge in [-0.25, -0.2) is 9.37 Å². The van der Waals surface area contributed by atoms with Gasteiger partial charge < -0.3 is 32.6 Å². The molecule has 9 heteroatoms. The smallest absolute Gasteiger partial charge is 0.166 e. The van der Waals surface area contributed by atoms with E-state index in [1.54, 1.807) is 18.3 Å². The fraction of sp³-hybridized carbons (Fsp3) is 0.375. The summed E-state index contributed by atoms with van der Waals surface area (Å²) in [6.45, 7) is 3.44. The second-order valence-electron chi connectivity index (χ2n) is 8.48. The normalized spacial score (nSPS) is 22.9. The quantitative estimate of drug-likeness (QED) is 0.334. The van der Waals surface area contributed by atoms with Gasteiger partial charge in [-0.2, -0.15) is 0 Å². The van der Waals surface area contributed by atoms with E-state index in [4.69, 9.17) is 33.5 Å². The minimum atomic E-state index is -0.736. The number of nitrogens with one attached hydrogen (secondary N) is 2. The molecule has 2 bridgehead atoms. The van der Waals surface area contributed by atoms with E-state index in [1.165, 1.54) is 25.0 Å². The number of alkyl halides is 1. The van der Waals surface area contributed by atoms with Crippen molar-refractivity contribution in [3.63, 3.8) is 0 Å². The molecule has 7 nitrogen and oxygen atoms in total. The van der Waals surface area contributed by atoms with Crippen LogP contribution in [0.4, 0.5) is 10.2 Å². The van der Waals surface area contributed by atoms with Crippen LogP contribution < -0.4 is 32.6 Å². The molecule has 1 fully saturated rings. The van der Waals surface area contributed by atoms with Crippen LogP contribution in [0.3, 0.4) is 0 Å². The van der Waals surface area contributed by atoms with Gasteiger partial charge in [0.15, 0.2) is 11.6 Å². The van der Waals surface area contributed by atoms with Crippen molar-refractivity contribution < 1.29 is 9.13 Å². The highest BCUT2D eigenvalue weighted by molar-refractivity contribution is 6.21. The van der Waals surface area contributed by atoms with Crippen LogP contribution in [0.5, 0.6) is 5.75 Å². The first-order valence-corrected chi connectivity index (χ1v) is 11.5. The Kier molecular flexibility index (Phi) is 7.07. The highest BCUT2D eigenvalue weighted by Gasteiger charge is 2.24. The maximum absolute atomic E-state index is 14.2. The summed E-state index contributed by atoms with van der Waals surface area (Å²) < 4.78 is 20.4. The number of anilines is 1. The summed E-state index contributed by atoms with van der Waals surface area (Å²) >= 11 is 6.11. The second kappa shape index (κ2) is 9.99. The SMILES string of the molecule is CC1Oc2cc(cnc2N)/C(NCC2CC2)=C(/CN)CN/C(=C\C(N)Cl)c2ccc(F)cc21. The van der Waals surface area contributed by atoms with Crippen molar-refractivity contribution in [2.24, 2.45) is 17.4 Å². The summed E-state index contributed by atoms with van der Waals surface area (Å²) in [6.07, 6.45) is 5.32. The number of hydrogen-bond acceptors (Lipinski definition) is 7. The summed E-state index contributed by atoms with van der Waals surface area (Å²) in [7, 11) is 0. The molecule has 0 saturated heterocycles. The minimum absolute atomic E-state index is 0.258. The van der Waals surface area contributed by atoms with E-state index in [-0.39, 0.29) is 11.6 Å². The van der Waals surface area contributed by atoms with Gasteiger partial charge in [0.2, 0.25) is 0 Å². The molecule has 2 aromatic rings. The summed E-state index contributed by atoms with van der Waals surface area (Å²) in [5, 5.41) is 6.98. The van der Waals surface area contributed by atoms with Crippen LogP contribution in [-0.4, -0.2) is 30.1 Å². The van der Waals surface area contributed by atoms with E-state index in [9.17, 15) is 4.39 Å². The number of hydrogen-bond donors (Lipinski definition) is 5. The Morgan fingerprint density at radius 1 is 1.36 bits per heavy atom. The zero-order valence-electron chi connectivity index (χ0n) is 18.6. The minimum Gasteiger partial charge on any atom is -0.482 e. The fourth-order valence-electron chi connectivity index (χ4n) is 3.92. The Morgan fingerprint density at radius 3 is 2.85 bits per heavy atom. The Hall–Kier alpha value is -2.81. The molecule has 8 N–H and O–H groups in total. The molecule has 0 amide bonds. The summed E-state index contributed by atoms with van der Waals surface area (Å²) in [6, 6.07) is 6.38. The molecule has 0 spiro atoms. The number of nitrogens with zero attached hydrogens (tertiary/aromatic N) is 1. The lowest BCUT2D eigenvalue weighted by Crippen LogP contribution is -2.28. The number of halogens is 2. The molecule has 1 saturated carbocycles. The van der Waals surface area contributed by atoms with Gasteiger partial charge in [-0.15, -0.1) is 11.6 Å². The third kappa shape index (κ3) is 5.58. The van der Waals surface area contributed by atoms with Crippen molar-refractivity contribution >= 4 is 28.8 Å². The van der Waals surface area contributed by atoms with E-state index in [0.29, 0.717) is 36.0 Å². The van der Waals surface area contributed by atoms with Crippen molar-refractivity contribution in [3.05, 3.63) is 64.6 Å². The number of fused-ring (bicyclic) bond motifs is 3. The molecule has 176 valence electrons. The van der Waals surface area contributed by atoms with Gasteiger partial charge in [0.1, 0.15) is 17.4 Å². The van der Waals surface area contributed by atoms with Crippen molar-refractivity contribution in [2.75, 3.05) is 25.4 Å². The largest absolute Gasteiger partial charge is 0.482 e. The van der Waals surface area contributed by atoms with Gasteiger partial charge in [-0.3, -0.25) is 0 Å². The van der Waals surface area contributed by atoms with Gasteiger partial charge >= 0.3 is 0 Å². The van der Waals surface area contributed by atoms with Crippen LogP contribution in [0.1, 0.15) is 42.6 Å². The van der Waals surface area contributed by atoms with Crippen molar-refractivity contribution in [1.29, 1.82) is 0 Å². The number of nitrogens with two attached hydrogens (primary N) is 3. The average molecular weight is 473 g/mol. The molecule has 2 heterocycles. The van der Waals surface area contributed by atoms with Crippen LogP contribution in [0, 0.1) is 11.7 Å². The molecule has 1 aromatic heterocycles. The number of nitrogen functional groups attached to an aromatic ring is 1. The predicted octanol–water partition coefficient (Wildman–Crippen LogP) is 3.08. The summed E-state index contributed by atoms with van der Waals surface area (Å²) in [5.41, 5.74) is 22.2. The first-order chi connectivity index (χ1) is 15.9. The zero-order chi connectivity index (χ0) is 23.5. The highest BCUT2D eigenvalue weighted by atomic mass is 35.5. The first kappa shape index (κ1) is 23.4. The van der Waals surface area contributed by atoms with Gasteiger partial charge in [0.25, 0.3) is 0 Å². The Labute approximate surface area is 198 Å². The number of rotatable bonds is 5. The number of pyridine rings is 1. The molecule has 2 aliphatic rings. The lowest BCUT2D eigenvalue weighted by molar-refractivity contribution is 0.226. The molecule has 2 unspecified atom stereocenters.